The fraction of sp³-hybridized carbons (Fsp3) is 0.824. The number of amides is 1. The molecule has 2 aliphatic heterocycles. The summed E-state index contributed by atoms with van der Waals surface area (Å²) in [5.74, 6) is -1.38. The smallest absolute Gasteiger partial charge is 0.333 e. The first-order valence-corrected chi connectivity index (χ1v) is 12.3. The van der Waals surface area contributed by atoms with Crippen LogP contribution in [0.15, 0.2) is 0 Å². The van der Waals surface area contributed by atoms with Crippen molar-refractivity contribution in [2.45, 2.75) is 75.4 Å². The van der Waals surface area contributed by atoms with Gasteiger partial charge in [-0.1, -0.05) is 0 Å². The van der Waals surface area contributed by atoms with E-state index in [2.05, 4.69) is 21.0 Å². The predicted molar refractivity (Wildman–Crippen MR) is 108 cm³/mol. The number of aromatic nitrogens is 3. The maximum absolute atomic E-state index is 14.0. The quantitative estimate of drug-likeness (QED) is 0.222. The molecule has 6 atom stereocenters. The van der Waals surface area contributed by atoms with Gasteiger partial charge in [0.05, 0.1) is 12.6 Å². The Balaban J connectivity index is 0.000000623. The molecule has 3 heterocycles. The van der Waals surface area contributed by atoms with Crippen molar-refractivity contribution in [3.63, 3.8) is 0 Å². The van der Waals surface area contributed by atoms with E-state index in [1.807, 2.05) is 0 Å². The second-order valence-corrected chi connectivity index (χ2v) is 9.77. The number of hydrogen-bond acceptors (Lipinski definition) is 7. The third kappa shape index (κ3) is 7.15. The molecule has 3 aliphatic rings. The minimum Gasteiger partial charge on any atom is -0.333 e. The zero-order valence-corrected chi connectivity index (χ0v) is 19.2. The lowest BCUT2D eigenvalue weighted by atomic mass is 9.78. The molecule has 35 heavy (non-hydrogen) atoms. The van der Waals surface area contributed by atoms with Crippen molar-refractivity contribution in [3.05, 3.63) is 11.6 Å². The van der Waals surface area contributed by atoms with Gasteiger partial charge in [-0.2, -0.15) is 13.2 Å². The van der Waals surface area contributed by atoms with Crippen molar-refractivity contribution in [1.82, 2.24) is 30.5 Å². The number of hydrazine groups is 1. The first-order valence-electron chi connectivity index (χ1n) is 10.7. The molecule has 0 radical (unpaired) electrons. The highest BCUT2D eigenvalue weighted by molar-refractivity contribution is 7.45. The van der Waals surface area contributed by atoms with E-state index in [4.69, 9.17) is 25.0 Å². The van der Waals surface area contributed by atoms with Gasteiger partial charge in [-0.25, -0.2) is 13.3 Å². The zero-order chi connectivity index (χ0) is 26.1. The van der Waals surface area contributed by atoms with Crippen LogP contribution in [0.1, 0.15) is 37.3 Å². The van der Waals surface area contributed by atoms with Crippen LogP contribution in [0.2, 0.25) is 0 Å². The average molecular weight is 535 g/mol. The van der Waals surface area contributed by atoms with Gasteiger partial charge in [-0.3, -0.25) is 15.6 Å². The molecule has 5 unspecified atom stereocenters. The van der Waals surface area contributed by atoms with Gasteiger partial charge in [0.2, 0.25) is 11.7 Å². The number of phosphoric acid groups is 1. The molecule has 1 saturated carbocycles. The Labute approximate surface area is 196 Å². The molecule has 1 aromatic rings. The Bertz CT molecular complexity index is 939. The molecule has 1 aliphatic carbocycles. The number of hydrogen-bond donors (Lipinski definition) is 6. The average Bonchev–Trinajstić information content (AvgIpc) is 3.33. The molecule has 0 aromatic carbocycles. The summed E-state index contributed by atoms with van der Waals surface area (Å²) in [5, 5.41) is 6.75. The highest BCUT2D eigenvalue weighted by atomic mass is 31.2. The van der Waals surface area contributed by atoms with Crippen LogP contribution in [-0.4, -0.2) is 77.3 Å². The van der Waals surface area contributed by atoms with Crippen molar-refractivity contribution >= 4 is 13.7 Å². The minimum absolute atomic E-state index is 0.000617. The van der Waals surface area contributed by atoms with Crippen LogP contribution in [0, 0.1) is 5.92 Å². The molecule has 0 bridgehead atoms. The molecule has 18 heteroatoms. The third-order valence-corrected chi connectivity index (χ3v) is 6.23. The van der Waals surface area contributed by atoms with Gasteiger partial charge in [-0.15, -0.1) is 10.2 Å². The first-order chi connectivity index (χ1) is 16.1. The van der Waals surface area contributed by atoms with Crippen LogP contribution in [0.3, 0.4) is 0 Å². The summed E-state index contributed by atoms with van der Waals surface area (Å²) in [6, 6.07) is -1.32. The van der Waals surface area contributed by atoms with Crippen molar-refractivity contribution < 1.29 is 46.0 Å². The van der Waals surface area contributed by atoms with Crippen molar-refractivity contribution in [3.8, 4) is 0 Å². The molecule has 2 fully saturated rings. The lowest BCUT2D eigenvalue weighted by Gasteiger charge is -2.33. The van der Waals surface area contributed by atoms with Crippen LogP contribution in [0.5, 0.6) is 0 Å². The van der Waals surface area contributed by atoms with Gasteiger partial charge in [0.25, 0.3) is 0 Å². The number of nitrogens with zero attached hydrogens (tertiary/aromatic N) is 4. The zero-order valence-electron chi connectivity index (χ0n) is 18.3. The molecule has 1 saturated heterocycles. The molecular formula is C17H27F5N7O5P. The summed E-state index contributed by atoms with van der Waals surface area (Å²) in [7, 11) is -4.64. The normalized spacial score (nSPS) is 29.6. The lowest BCUT2D eigenvalue weighted by molar-refractivity contribution is -0.148. The number of nitrogens with two attached hydrogens (primary N) is 1. The second-order valence-electron chi connectivity index (χ2n) is 8.74. The number of carbonyl (C=O) groups is 1. The van der Waals surface area contributed by atoms with Gasteiger partial charge < -0.3 is 29.9 Å². The number of nitrogens with one attached hydrogen (secondary N) is 2. The Hall–Kier alpha value is -1.75. The van der Waals surface area contributed by atoms with Crippen LogP contribution in [-0.2, 0) is 28.6 Å². The molecule has 1 amide bonds. The highest BCUT2D eigenvalue weighted by Gasteiger charge is 2.47. The van der Waals surface area contributed by atoms with E-state index in [1.54, 1.807) is 0 Å². The number of fused-ring (bicyclic) bond motifs is 2. The summed E-state index contributed by atoms with van der Waals surface area (Å²) in [5.41, 5.74) is 11.9. The largest absolute Gasteiger partial charge is 0.466 e. The van der Waals surface area contributed by atoms with Gasteiger partial charge in [0.1, 0.15) is 12.3 Å². The van der Waals surface area contributed by atoms with E-state index >= 15 is 0 Å². The van der Waals surface area contributed by atoms with Crippen LogP contribution in [0.4, 0.5) is 22.0 Å². The predicted octanol–water partition coefficient (Wildman–Crippen LogP) is -0.251. The third-order valence-electron chi connectivity index (χ3n) is 6.23. The molecule has 7 N–H and O–H groups in total. The van der Waals surface area contributed by atoms with Gasteiger partial charge >= 0.3 is 14.0 Å². The molecule has 0 spiro atoms. The Morgan fingerprint density at radius 2 is 1.83 bits per heavy atom. The highest BCUT2D eigenvalue weighted by Crippen LogP contribution is 2.35. The Kier molecular flexibility index (Phi) is 8.51. The topological polar surface area (TPSA) is 179 Å². The second kappa shape index (κ2) is 10.7. The molecule has 4 rings (SSSR count). The maximum Gasteiger partial charge on any atom is 0.466 e. The van der Waals surface area contributed by atoms with Gasteiger partial charge in [-0.05, 0) is 25.2 Å². The molecule has 200 valence electrons. The van der Waals surface area contributed by atoms with E-state index in [9.17, 15) is 26.7 Å². The first kappa shape index (κ1) is 27.8. The van der Waals surface area contributed by atoms with E-state index in [0.29, 0.717) is 12.8 Å². The standard InChI is InChI=1S/C17H24F5N7O.H3O4P/c18-10-2-1-9-11(24-26-15(9)14(10)19)5-8(23)6-13(30)28-3-4-29-12(7-28)25-27-16(29)17(20,21)22;1-5(2,3)4/h8-11,14-15,24,26H,1-7,23H2;(H3,1,2,3,4)/t8-,9?,10?,11?,14?,15?;/m1./s1. The Morgan fingerprint density at radius 3 is 2.46 bits per heavy atom. The summed E-state index contributed by atoms with van der Waals surface area (Å²) in [6.07, 6.45) is -6.57. The fourth-order valence-electron chi connectivity index (χ4n) is 4.68. The summed E-state index contributed by atoms with van der Waals surface area (Å²) < 4.78 is 76.2. The number of carbonyl (C=O) groups excluding carboxylic acids is 1. The molecule has 12 nitrogen and oxygen atoms in total. The van der Waals surface area contributed by atoms with Crippen molar-refractivity contribution in [2.75, 3.05) is 6.54 Å². The van der Waals surface area contributed by atoms with Gasteiger partial charge in [0, 0.05) is 31.6 Å². The monoisotopic (exact) mass is 535 g/mol. The summed E-state index contributed by atoms with van der Waals surface area (Å²) >= 11 is 0. The van der Waals surface area contributed by atoms with Crippen molar-refractivity contribution in [1.29, 1.82) is 0 Å². The fourth-order valence-corrected chi connectivity index (χ4v) is 4.68. The van der Waals surface area contributed by atoms with E-state index < -0.39 is 44.3 Å². The summed E-state index contributed by atoms with van der Waals surface area (Å²) in [6.45, 7) is -0.00267. The maximum atomic E-state index is 14.0. The molecular weight excluding hydrogens is 508 g/mol. The number of halogens is 5. The van der Waals surface area contributed by atoms with Crippen LogP contribution < -0.4 is 16.6 Å². The van der Waals surface area contributed by atoms with Gasteiger partial charge in [0.15, 0.2) is 5.82 Å². The Morgan fingerprint density at radius 1 is 1.17 bits per heavy atom. The van der Waals surface area contributed by atoms with E-state index in [0.717, 1.165) is 4.57 Å². The van der Waals surface area contributed by atoms with E-state index in [-0.39, 0.29) is 56.2 Å². The van der Waals surface area contributed by atoms with E-state index in [1.165, 1.54) is 4.90 Å². The van der Waals surface area contributed by atoms with Crippen molar-refractivity contribution in [2.24, 2.45) is 11.7 Å². The molecule has 1 aromatic heterocycles. The SMILES string of the molecule is N[C@@H](CC(=O)N1CCn2c(nnc2C(F)(F)F)C1)CC1NNC2C(F)C(F)CCC12.O=P(O)(O)O. The minimum atomic E-state index is -4.64. The van der Waals surface area contributed by atoms with Crippen LogP contribution >= 0.6 is 7.82 Å². The summed E-state index contributed by atoms with van der Waals surface area (Å²) in [4.78, 5) is 35.6. The lowest BCUT2D eigenvalue weighted by Crippen LogP contribution is -2.47. The number of alkyl halides is 5. The number of rotatable bonds is 4. The van der Waals surface area contributed by atoms with Crippen LogP contribution in [0.25, 0.3) is 0 Å².